The van der Waals surface area contributed by atoms with Gasteiger partial charge in [-0.2, -0.15) is 0 Å². The van der Waals surface area contributed by atoms with E-state index in [1.54, 1.807) is 19.1 Å². The van der Waals surface area contributed by atoms with E-state index in [1.165, 1.54) is 7.11 Å². The highest BCUT2D eigenvalue weighted by atomic mass is 16.7. The van der Waals surface area contributed by atoms with Crippen LogP contribution in [0.25, 0.3) is 32.9 Å². The van der Waals surface area contributed by atoms with Crippen molar-refractivity contribution < 1.29 is 33.9 Å². The molecular weight excluding hydrogens is 496 g/mol. The number of aliphatic hydroxyl groups is 1. The van der Waals surface area contributed by atoms with Gasteiger partial charge in [0.1, 0.15) is 28.7 Å². The minimum atomic E-state index is -1.06. The molecule has 2 aliphatic carbocycles. The summed E-state index contributed by atoms with van der Waals surface area (Å²) in [6.45, 7) is 1.54. The van der Waals surface area contributed by atoms with E-state index in [1.807, 2.05) is 0 Å². The minimum absolute atomic E-state index is 0.00402. The second kappa shape index (κ2) is 7.73. The Morgan fingerprint density at radius 2 is 1.87 bits per heavy atom. The van der Waals surface area contributed by atoms with Crippen LogP contribution >= 0.6 is 0 Å². The molecule has 11 nitrogen and oxygen atoms in total. The van der Waals surface area contributed by atoms with Gasteiger partial charge in [0.05, 0.1) is 23.2 Å². The number of hydrogen-bond donors (Lipinski definition) is 4. The molecule has 2 aromatic carbocycles. The predicted molar refractivity (Wildman–Crippen MR) is 135 cm³/mol. The monoisotopic (exact) mass is 520 g/mol. The number of phenolic OH excluding ortho intramolecular Hbond substituents is 2. The maximum Gasteiger partial charge on any atom is 0.280 e. The Morgan fingerprint density at radius 1 is 1.08 bits per heavy atom. The summed E-state index contributed by atoms with van der Waals surface area (Å²) in [5.41, 5.74) is 0.656. The molecule has 4 aromatic rings. The van der Waals surface area contributed by atoms with E-state index in [2.05, 4.69) is 0 Å². The first-order chi connectivity index (χ1) is 18.2. The van der Waals surface area contributed by atoms with E-state index >= 15 is 0 Å². The average Bonchev–Trinajstić information content (AvgIpc) is 2.89. The topological polar surface area (TPSA) is 167 Å². The van der Waals surface area contributed by atoms with Crippen molar-refractivity contribution >= 4 is 21.7 Å². The molecule has 196 valence electrons. The molecule has 0 bridgehead atoms. The number of phenols is 2. The van der Waals surface area contributed by atoms with Gasteiger partial charge in [0, 0.05) is 35.9 Å². The van der Waals surface area contributed by atoms with Crippen LogP contribution in [0.15, 0.2) is 26.1 Å². The Morgan fingerprint density at radius 3 is 2.63 bits per heavy atom. The normalized spacial score (nSPS) is 21.6. The van der Waals surface area contributed by atoms with Crippen LogP contribution in [0.4, 0.5) is 0 Å². The summed E-state index contributed by atoms with van der Waals surface area (Å²) in [5.74, 6) is 5.43. The van der Waals surface area contributed by atoms with Crippen molar-refractivity contribution in [2.24, 2.45) is 0 Å². The van der Waals surface area contributed by atoms with Crippen molar-refractivity contribution in [2.75, 3.05) is 19.7 Å². The number of benzene rings is 2. The van der Waals surface area contributed by atoms with E-state index in [0.29, 0.717) is 41.5 Å². The molecule has 38 heavy (non-hydrogen) atoms. The minimum Gasteiger partial charge on any atom is -0.506 e. The third kappa shape index (κ3) is 2.78. The largest absolute Gasteiger partial charge is 0.506 e. The van der Waals surface area contributed by atoms with Gasteiger partial charge >= 0.3 is 0 Å². The van der Waals surface area contributed by atoms with Gasteiger partial charge in [-0.25, -0.2) is 4.68 Å². The van der Waals surface area contributed by atoms with Crippen molar-refractivity contribution in [2.45, 2.75) is 44.5 Å². The zero-order valence-electron chi connectivity index (χ0n) is 20.5. The van der Waals surface area contributed by atoms with Gasteiger partial charge in [-0.15, -0.1) is 0 Å². The van der Waals surface area contributed by atoms with Gasteiger partial charge in [-0.05, 0) is 42.8 Å². The zero-order valence-corrected chi connectivity index (χ0v) is 20.5. The number of nitrogens with zero attached hydrogens (tertiary/aromatic N) is 1. The smallest absolute Gasteiger partial charge is 0.280 e. The summed E-state index contributed by atoms with van der Waals surface area (Å²) >= 11 is 0. The zero-order chi connectivity index (χ0) is 26.6. The van der Waals surface area contributed by atoms with Crippen LogP contribution in [0.2, 0.25) is 0 Å². The molecule has 0 spiro atoms. The number of aromatic nitrogens is 1. The number of nitrogens with two attached hydrogens (primary N) is 1. The molecule has 0 fully saturated rings. The van der Waals surface area contributed by atoms with Crippen molar-refractivity contribution in [3.05, 3.63) is 60.9 Å². The van der Waals surface area contributed by atoms with E-state index in [-0.39, 0.29) is 57.1 Å². The number of pyridine rings is 1. The van der Waals surface area contributed by atoms with Crippen LogP contribution in [0.5, 0.6) is 17.2 Å². The molecule has 3 atom stereocenters. The maximum absolute atomic E-state index is 13.8. The van der Waals surface area contributed by atoms with E-state index in [9.17, 15) is 24.9 Å². The highest BCUT2D eigenvalue weighted by molar-refractivity contribution is 6.04. The lowest BCUT2D eigenvalue weighted by molar-refractivity contribution is -0.0586. The summed E-state index contributed by atoms with van der Waals surface area (Å²) in [6.07, 6.45) is -1.22. The van der Waals surface area contributed by atoms with Crippen molar-refractivity contribution in [3.63, 3.8) is 0 Å². The Bertz CT molecular complexity index is 1840. The molecule has 0 amide bonds. The van der Waals surface area contributed by atoms with Gasteiger partial charge in [-0.1, -0.05) is 0 Å². The molecular formula is C27H24N2O9. The lowest BCUT2D eigenvalue weighted by atomic mass is 9.79. The predicted octanol–water partition coefficient (Wildman–Crippen LogP) is 2.69. The van der Waals surface area contributed by atoms with Gasteiger partial charge in [0.15, 0.2) is 18.1 Å². The molecule has 11 heteroatoms. The van der Waals surface area contributed by atoms with Gasteiger partial charge in [0.2, 0.25) is 5.43 Å². The lowest BCUT2D eigenvalue weighted by Gasteiger charge is -2.35. The molecule has 0 unspecified atom stereocenters. The summed E-state index contributed by atoms with van der Waals surface area (Å²) in [6, 6.07) is 3.47. The van der Waals surface area contributed by atoms with E-state index in [0.717, 1.165) is 4.68 Å². The number of aliphatic hydroxyl groups excluding tert-OH is 1. The second-order valence-corrected chi connectivity index (χ2v) is 10.0. The molecule has 2 aromatic heterocycles. The Balaban J connectivity index is 1.65. The van der Waals surface area contributed by atoms with Gasteiger partial charge in [-0.3, -0.25) is 9.59 Å². The molecule has 5 N–H and O–H groups in total. The Hall–Kier alpha value is -4.06. The van der Waals surface area contributed by atoms with Gasteiger partial charge < -0.3 is 39.8 Å². The highest BCUT2D eigenvalue weighted by Gasteiger charge is 2.41. The summed E-state index contributed by atoms with van der Waals surface area (Å²) in [7, 11) is 1.48. The fourth-order valence-corrected chi connectivity index (χ4v) is 6.22. The molecule has 7 rings (SSSR count). The van der Waals surface area contributed by atoms with Crippen LogP contribution in [-0.2, 0) is 15.9 Å². The number of ether oxygens (including phenoxy) is 3. The molecule has 0 saturated heterocycles. The Labute approximate surface area is 214 Å². The lowest BCUT2D eigenvalue weighted by Crippen LogP contribution is -2.30. The van der Waals surface area contributed by atoms with Crippen LogP contribution in [0, 0.1) is 6.92 Å². The van der Waals surface area contributed by atoms with Crippen LogP contribution in [0.3, 0.4) is 0 Å². The maximum atomic E-state index is 13.8. The van der Waals surface area contributed by atoms with E-state index < -0.39 is 35.0 Å². The number of rotatable bonds is 1. The average molecular weight is 520 g/mol. The standard InChI is InChI=1S/C27H24N2O9/c1-9-5-10-6-11-7-14-18-19(15(11)21(31)16(10)27(34)29(9)28)23(33)26-20(25(18)37-8-36-14)22(32)17-12(30)3-4-13(35-2)24(17)38-26/h5-6,12-14,30-31,33H,3-4,7-8,28H2,1-2H3/t12-,13-,14-/m1/s1. The van der Waals surface area contributed by atoms with Crippen LogP contribution in [-0.4, -0.2) is 33.9 Å². The quantitative estimate of drug-likeness (QED) is 0.274. The van der Waals surface area contributed by atoms with Crippen LogP contribution < -0.4 is 21.6 Å². The molecule has 1 aliphatic heterocycles. The molecule has 0 radical (unpaired) electrons. The first kappa shape index (κ1) is 23.1. The first-order valence-corrected chi connectivity index (χ1v) is 12.2. The number of fused-ring (bicyclic) bond motifs is 6. The number of aryl methyl sites for hydroxylation is 1. The summed E-state index contributed by atoms with van der Waals surface area (Å²) < 4.78 is 24.3. The number of nitrogen functional groups attached to an aromatic ring is 1. The SMILES string of the molecule is CO[C@@H]1CC[C@@H](O)c2c1oc1c(O)c3c4c(c1c2=O)OCO[C@@H]4Cc1cc2cc(C)n(N)c(=O)c2c(O)c1-3. The Kier molecular flexibility index (Phi) is 4.70. The molecule has 3 aliphatic rings. The molecule has 0 saturated carbocycles. The van der Waals surface area contributed by atoms with E-state index in [4.69, 9.17) is 24.5 Å². The van der Waals surface area contributed by atoms with Crippen molar-refractivity contribution in [1.82, 2.24) is 4.68 Å². The fourth-order valence-electron chi connectivity index (χ4n) is 6.22. The second-order valence-electron chi connectivity index (χ2n) is 10.0. The molecule has 3 heterocycles. The third-order valence-electron chi connectivity index (χ3n) is 8.02. The van der Waals surface area contributed by atoms with Gasteiger partial charge in [0.25, 0.3) is 5.56 Å². The first-order valence-electron chi connectivity index (χ1n) is 12.2. The summed E-state index contributed by atoms with van der Waals surface area (Å²) in [5, 5.41) is 34.3. The fraction of sp³-hybridized carbons (Fsp3) is 0.333. The third-order valence-corrected chi connectivity index (χ3v) is 8.02. The van der Waals surface area contributed by atoms with Crippen LogP contribution in [0.1, 0.15) is 59.3 Å². The van der Waals surface area contributed by atoms with Crippen molar-refractivity contribution in [3.8, 4) is 28.4 Å². The number of methoxy groups -OCH3 is 1. The highest BCUT2D eigenvalue weighted by Crippen LogP contribution is 2.57. The van der Waals surface area contributed by atoms with Crippen molar-refractivity contribution in [1.29, 1.82) is 0 Å². The number of aromatic hydroxyl groups is 2. The number of hydrogen-bond acceptors (Lipinski definition) is 10. The summed E-state index contributed by atoms with van der Waals surface area (Å²) in [4.78, 5) is 26.8.